The van der Waals surface area contributed by atoms with Gasteiger partial charge in [-0.15, -0.1) is 0 Å². The van der Waals surface area contributed by atoms with Gasteiger partial charge in [-0.1, -0.05) is 0 Å². The highest BCUT2D eigenvalue weighted by molar-refractivity contribution is 5.80. The summed E-state index contributed by atoms with van der Waals surface area (Å²) in [6.07, 6.45) is -0.138. The third-order valence-electron chi connectivity index (χ3n) is 1.58. The molecular formula is C9H19N3O3. The van der Waals surface area contributed by atoms with E-state index in [1.54, 1.807) is 20.8 Å². The number of carbonyl (C=O) groups is 2. The van der Waals surface area contributed by atoms with Crippen LogP contribution in [0.5, 0.6) is 0 Å². The molecule has 2 atom stereocenters. The average molecular weight is 217 g/mol. The first kappa shape index (κ1) is 13.9. The van der Waals surface area contributed by atoms with Gasteiger partial charge in [-0.25, -0.2) is 0 Å². The zero-order valence-corrected chi connectivity index (χ0v) is 9.32. The fourth-order valence-corrected chi connectivity index (χ4v) is 0.904. The van der Waals surface area contributed by atoms with Gasteiger partial charge in [-0.05, 0) is 20.8 Å². The Morgan fingerprint density at radius 2 is 1.73 bits per heavy atom. The molecule has 0 aliphatic heterocycles. The van der Waals surface area contributed by atoms with Gasteiger partial charge in [0.2, 0.25) is 5.91 Å². The zero-order valence-electron chi connectivity index (χ0n) is 9.32. The molecule has 0 spiro atoms. The summed E-state index contributed by atoms with van der Waals surface area (Å²) in [5.74, 6) is -1.22. The lowest BCUT2D eigenvalue weighted by molar-refractivity contribution is -0.157. The number of amides is 1. The van der Waals surface area contributed by atoms with Crippen LogP contribution in [0.25, 0.3) is 0 Å². The Bertz CT molecular complexity index is 247. The molecule has 15 heavy (non-hydrogen) atoms. The van der Waals surface area contributed by atoms with Crippen molar-refractivity contribution in [2.45, 2.75) is 44.9 Å². The number of hydrogen-bond donors (Lipinski definition) is 3. The fourth-order valence-electron chi connectivity index (χ4n) is 0.904. The molecule has 6 nitrogen and oxygen atoms in total. The monoisotopic (exact) mass is 217 g/mol. The minimum Gasteiger partial charge on any atom is -0.459 e. The van der Waals surface area contributed by atoms with Crippen LogP contribution in [0.3, 0.4) is 0 Å². The molecule has 6 heteroatoms. The van der Waals surface area contributed by atoms with E-state index in [2.05, 4.69) is 0 Å². The third kappa shape index (κ3) is 6.03. The third-order valence-corrected chi connectivity index (χ3v) is 1.58. The van der Waals surface area contributed by atoms with Crippen LogP contribution in [0, 0.1) is 0 Å². The van der Waals surface area contributed by atoms with E-state index in [1.807, 2.05) is 0 Å². The molecule has 88 valence electrons. The van der Waals surface area contributed by atoms with Crippen molar-refractivity contribution in [1.82, 2.24) is 0 Å². The maximum atomic E-state index is 11.4. The van der Waals surface area contributed by atoms with Crippen molar-refractivity contribution in [3.63, 3.8) is 0 Å². The number of primary amides is 1. The first-order valence-corrected chi connectivity index (χ1v) is 4.66. The lowest BCUT2D eigenvalue weighted by atomic mass is 10.1. The molecule has 0 aromatic rings. The maximum absolute atomic E-state index is 11.4. The quantitative estimate of drug-likeness (QED) is 0.514. The summed E-state index contributed by atoms with van der Waals surface area (Å²) in [7, 11) is 0. The molecule has 6 N–H and O–H groups in total. The van der Waals surface area contributed by atoms with Gasteiger partial charge in [0.05, 0.1) is 0 Å². The molecule has 0 bridgehead atoms. The molecule has 0 aromatic carbocycles. The fraction of sp³-hybridized carbons (Fsp3) is 0.778. The van der Waals surface area contributed by atoms with Crippen LogP contribution in [0.2, 0.25) is 0 Å². The standard InChI is InChI=1S/C9H19N3O3/c1-9(2,3)15-8(14)7(12)5(10)4-6(11)13/h5,7H,4,10,12H2,1-3H3,(H2,11,13). The topological polar surface area (TPSA) is 121 Å². The molecule has 0 heterocycles. The number of ether oxygens (including phenoxy) is 1. The first-order chi connectivity index (χ1) is 6.63. The lowest BCUT2D eigenvalue weighted by Crippen LogP contribution is -2.50. The van der Waals surface area contributed by atoms with E-state index in [0.717, 1.165) is 0 Å². The molecule has 0 saturated carbocycles. The minimum absolute atomic E-state index is 0.138. The molecule has 0 aliphatic rings. The Hall–Kier alpha value is -1.14. The Morgan fingerprint density at radius 1 is 1.27 bits per heavy atom. The SMILES string of the molecule is CC(C)(C)OC(=O)C(N)C(N)CC(N)=O. The predicted molar refractivity (Wildman–Crippen MR) is 55.6 cm³/mol. The van der Waals surface area contributed by atoms with Crippen molar-refractivity contribution in [3.8, 4) is 0 Å². The van der Waals surface area contributed by atoms with Crippen molar-refractivity contribution < 1.29 is 14.3 Å². The van der Waals surface area contributed by atoms with Gasteiger partial charge in [-0.3, -0.25) is 9.59 Å². The number of rotatable bonds is 4. The molecular weight excluding hydrogens is 198 g/mol. The van der Waals surface area contributed by atoms with Crippen LogP contribution in [0.15, 0.2) is 0 Å². The lowest BCUT2D eigenvalue weighted by Gasteiger charge is -2.24. The Kier molecular flexibility index (Phi) is 4.70. The Labute approximate surface area is 89.1 Å². The second-order valence-electron chi connectivity index (χ2n) is 4.39. The normalized spacial score (nSPS) is 15.5. The first-order valence-electron chi connectivity index (χ1n) is 4.66. The highest BCUT2D eigenvalue weighted by atomic mass is 16.6. The Morgan fingerprint density at radius 3 is 2.07 bits per heavy atom. The number of carbonyl (C=O) groups excluding carboxylic acids is 2. The maximum Gasteiger partial charge on any atom is 0.325 e. The van der Waals surface area contributed by atoms with E-state index >= 15 is 0 Å². The van der Waals surface area contributed by atoms with E-state index in [9.17, 15) is 9.59 Å². The molecule has 0 aliphatic carbocycles. The molecule has 0 saturated heterocycles. The van der Waals surface area contributed by atoms with Crippen molar-refractivity contribution in [2.24, 2.45) is 17.2 Å². The van der Waals surface area contributed by atoms with Crippen LogP contribution >= 0.6 is 0 Å². The van der Waals surface area contributed by atoms with Gasteiger partial charge in [0.15, 0.2) is 0 Å². The summed E-state index contributed by atoms with van der Waals surface area (Å²) >= 11 is 0. The summed E-state index contributed by atoms with van der Waals surface area (Å²) < 4.78 is 5.01. The van der Waals surface area contributed by atoms with Crippen molar-refractivity contribution in [1.29, 1.82) is 0 Å². The zero-order chi connectivity index (χ0) is 12.2. The van der Waals surface area contributed by atoms with E-state index in [4.69, 9.17) is 21.9 Å². The minimum atomic E-state index is -1.03. The van der Waals surface area contributed by atoms with Crippen molar-refractivity contribution >= 4 is 11.9 Å². The number of hydrogen-bond acceptors (Lipinski definition) is 5. The van der Waals surface area contributed by atoms with Crippen LogP contribution in [0.4, 0.5) is 0 Å². The van der Waals surface area contributed by atoms with E-state index in [1.165, 1.54) is 0 Å². The predicted octanol–water partition coefficient (Wildman–Crippen LogP) is -1.14. The van der Waals surface area contributed by atoms with Crippen LogP contribution in [0.1, 0.15) is 27.2 Å². The number of esters is 1. The largest absolute Gasteiger partial charge is 0.459 e. The van der Waals surface area contributed by atoms with Crippen molar-refractivity contribution in [2.75, 3.05) is 0 Å². The van der Waals surface area contributed by atoms with Gasteiger partial charge in [0.25, 0.3) is 0 Å². The van der Waals surface area contributed by atoms with Crippen LogP contribution < -0.4 is 17.2 Å². The smallest absolute Gasteiger partial charge is 0.325 e. The second-order valence-corrected chi connectivity index (χ2v) is 4.39. The summed E-state index contributed by atoms with van der Waals surface area (Å²) in [5.41, 5.74) is 15.3. The highest BCUT2D eigenvalue weighted by Gasteiger charge is 2.27. The molecule has 2 unspecified atom stereocenters. The summed E-state index contributed by atoms with van der Waals surface area (Å²) in [4.78, 5) is 22.0. The average Bonchev–Trinajstić information content (AvgIpc) is 1.98. The molecule has 1 amide bonds. The van der Waals surface area contributed by atoms with E-state index < -0.39 is 29.6 Å². The van der Waals surface area contributed by atoms with E-state index in [0.29, 0.717) is 0 Å². The molecule has 0 aromatic heterocycles. The van der Waals surface area contributed by atoms with Gasteiger partial charge in [-0.2, -0.15) is 0 Å². The number of nitrogens with two attached hydrogens (primary N) is 3. The highest BCUT2D eigenvalue weighted by Crippen LogP contribution is 2.09. The second kappa shape index (κ2) is 5.09. The molecule has 0 fully saturated rings. The van der Waals surface area contributed by atoms with Gasteiger partial charge in [0.1, 0.15) is 11.6 Å². The van der Waals surface area contributed by atoms with Gasteiger partial charge < -0.3 is 21.9 Å². The van der Waals surface area contributed by atoms with Crippen LogP contribution in [-0.2, 0) is 14.3 Å². The van der Waals surface area contributed by atoms with Gasteiger partial charge >= 0.3 is 5.97 Å². The molecule has 0 rings (SSSR count). The summed E-state index contributed by atoms with van der Waals surface area (Å²) in [5, 5.41) is 0. The van der Waals surface area contributed by atoms with Crippen molar-refractivity contribution in [3.05, 3.63) is 0 Å². The Balaban J connectivity index is 4.25. The summed E-state index contributed by atoms with van der Waals surface area (Å²) in [6, 6.07) is -1.84. The van der Waals surface area contributed by atoms with E-state index in [-0.39, 0.29) is 6.42 Å². The van der Waals surface area contributed by atoms with Crippen LogP contribution in [-0.4, -0.2) is 29.6 Å². The molecule has 0 radical (unpaired) electrons. The summed E-state index contributed by atoms with van der Waals surface area (Å²) in [6.45, 7) is 5.16. The van der Waals surface area contributed by atoms with Gasteiger partial charge in [0, 0.05) is 12.5 Å².